The van der Waals surface area contributed by atoms with E-state index in [2.05, 4.69) is 10.3 Å². The Morgan fingerprint density at radius 1 is 0.861 bits per heavy atom. The molecule has 12 heteroatoms. The topological polar surface area (TPSA) is 133 Å². The van der Waals surface area contributed by atoms with Crippen LogP contribution in [0, 0.1) is 0 Å². The van der Waals surface area contributed by atoms with Crippen molar-refractivity contribution in [3.8, 4) is 0 Å². The van der Waals surface area contributed by atoms with Crippen LogP contribution in [0.5, 0.6) is 0 Å². The molecule has 1 aromatic heterocycles. The Hall–Kier alpha value is -4.32. The van der Waals surface area contributed by atoms with E-state index in [1.807, 2.05) is 31.1 Å². The molecule has 0 fully saturated rings. The van der Waals surface area contributed by atoms with Gasteiger partial charge in [-0.1, -0.05) is 24.3 Å². The first-order chi connectivity index (χ1) is 16.9. The van der Waals surface area contributed by atoms with Gasteiger partial charge in [0, 0.05) is 18.5 Å². The average molecular weight is 502 g/mol. The van der Waals surface area contributed by atoms with Crippen molar-refractivity contribution in [2.75, 3.05) is 27.2 Å². The van der Waals surface area contributed by atoms with Crippen molar-refractivity contribution in [1.29, 1.82) is 0 Å². The minimum atomic E-state index is -5.08. The van der Waals surface area contributed by atoms with Gasteiger partial charge >= 0.3 is 18.1 Å². The number of likely N-dealkylation sites (N-methyl/N-ethyl adjacent to an activating group) is 1. The van der Waals surface area contributed by atoms with Gasteiger partial charge in [-0.2, -0.15) is 13.2 Å². The number of aliphatic carboxylic acids is 1. The highest BCUT2D eigenvalue weighted by Gasteiger charge is 2.38. The summed E-state index contributed by atoms with van der Waals surface area (Å²) < 4.78 is 31.7. The fourth-order valence-corrected chi connectivity index (χ4v) is 3.38. The Morgan fingerprint density at radius 3 is 2.08 bits per heavy atom. The molecule has 0 bridgehead atoms. The molecular formula is C24H21F3N4O5. The predicted molar refractivity (Wildman–Crippen MR) is 126 cm³/mol. The van der Waals surface area contributed by atoms with Crippen LogP contribution in [0.1, 0.15) is 20.7 Å². The SMILES string of the molecule is CN(C)CCNC(=O)c1cccc2nc3ccc4c(C(=O)O)cccc4c3nc12.O=C(O)C(F)(F)F. The molecule has 0 atom stereocenters. The third-order valence-electron chi connectivity index (χ3n) is 5.05. The molecule has 0 aliphatic rings. The van der Waals surface area contributed by atoms with E-state index in [1.54, 1.807) is 36.4 Å². The standard InChI is InChI=1S/C22H20N4O3.C2HF3O2/c1-26(2)12-11-23-21(27)16-7-4-8-17-20(16)25-19-14-5-3-6-15(22(28)29)13(14)9-10-18(19)24-17;3-2(4,5)1(6)7/h3-10H,11-12H2,1-2H3,(H,23,27)(H,28,29);(H,6,7). The van der Waals surface area contributed by atoms with Crippen molar-refractivity contribution < 1.29 is 37.8 Å². The summed E-state index contributed by atoms with van der Waals surface area (Å²) in [5.74, 6) is -3.96. The van der Waals surface area contributed by atoms with Crippen LogP contribution in [-0.2, 0) is 4.79 Å². The lowest BCUT2D eigenvalue weighted by Crippen LogP contribution is -2.31. The highest BCUT2D eigenvalue weighted by Crippen LogP contribution is 2.28. The molecule has 9 nitrogen and oxygen atoms in total. The molecular weight excluding hydrogens is 481 g/mol. The minimum Gasteiger partial charge on any atom is -0.478 e. The highest BCUT2D eigenvalue weighted by molar-refractivity contribution is 6.14. The fraction of sp³-hybridized carbons (Fsp3) is 0.208. The molecule has 4 rings (SSSR count). The Balaban J connectivity index is 0.000000454. The number of carbonyl (C=O) groups is 3. The predicted octanol–water partition coefficient (Wildman–Crippen LogP) is 3.56. The number of nitrogens with zero attached hydrogens (tertiary/aromatic N) is 3. The number of para-hydroxylation sites is 1. The molecule has 0 saturated heterocycles. The fourth-order valence-electron chi connectivity index (χ4n) is 3.38. The number of halogens is 3. The molecule has 3 aromatic carbocycles. The number of aromatic nitrogens is 2. The first-order valence-corrected chi connectivity index (χ1v) is 10.5. The van der Waals surface area contributed by atoms with Crippen molar-refractivity contribution in [2.45, 2.75) is 6.18 Å². The van der Waals surface area contributed by atoms with Crippen molar-refractivity contribution in [2.24, 2.45) is 0 Å². The van der Waals surface area contributed by atoms with Crippen molar-refractivity contribution in [3.63, 3.8) is 0 Å². The summed E-state index contributed by atoms with van der Waals surface area (Å²) in [4.78, 5) is 44.6. The summed E-state index contributed by atoms with van der Waals surface area (Å²) in [6.07, 6.45) is -5.08. The van der Waals surface area contributed by atoms with E-state index < -0.39 is 18.1 Å². The largest absolute Gasteiger partial charge is 0.490 e. The molecule has 4 aromatic rings. The first kappa shape index (κ1) is 26.3. The second kappa shape index (κ2) is 10.5. The first-order valence-electron chi connectivity index (χ1n) is 10.5. The number of fused-ring (bicyclic) bond motifs is 4. The summed E-state index contributed by atoms with van der Waals surface area (Å²) in [6, 6.07) is 13.9. The lowest BCUT2D eigenvalue weighted by molar-refractivity contribution is -0.192. The summed E-state index contributed by atoms with van der Waals surface area (Å²) in [7, 11) is 3.89. The number of alkyl halides is 3. The molecule has 188 valence electrons. The Morgan fingerprint density at radius 2 is 1.47 bits per heavy atom. The van der Waals surface area contributed by atoms with Gasteiger partial charge in [0.05, 0.1) is 27.7 Å². The molecule has 0 unspecified atom stereocenters. The molecule has 0 aliphatic heterocycles. The second-order valence-electron chi connectivity index (χ2n) is 7.90. The van der Waals surface area contributed by atoms with E-state index in [0.29, 0.717) is 44.9 Å². The van der Waals surface area contributed by atoms with E-state index in [4.69, 9.17) is 14.9 Å². The molecule has 0 saturated carbocycles. The van der Waals surface area contributed by atoms with Gasteiger partial charge in [-0.25, -0.2) is 19.6 Å². The maximum Gasteiger partial charge on any atom is 0.490 e. The van der Waals surface area contributed by atoms with Crippen LogP contribution in [-0.4, -0.2) is 76.3 Å². The number of carboxylic acid groups (broad SMARTS) is 2. The molecule has 1 heterocycles. The number of amides is 1. The number of hydrogen-bond acceptors (Lipinski definition) is 6. The lowest BCUT2D eigenvalue weighted by atomic mass is 10.0. The quantitative estimate of drug-likeness (QED) is 0.279. The van der Waals surface area contributed by atoms with Crippen LogP contribution in [0.15, 0.2) is 48.5 Å². The number of carboxylic acids is 2. The maximum atomic E-state index is 12.7. The third kappa shape index (κ3) is 5.84. The Kier molecular flexibility index (Phi) is 7.68. The zero-order valence-corrected chi connectivity index (χ0v) is 19.1. The van der Waals surface area contributed by atoms with Gasteiger partial charge in [0.15, 0.2) is 0 Å². The van der Waals surface area contributed by atoms with Crippen molar-refractivity contribution in [1.82, 2.24) is 20.2 Å². The molecule has 1 amide bonds. The summed E-state index contributed by atoms with van der Waals surface area (Å²) in [6.45, 7) is 1.25. The van der Waals surface area contributed by atoms with Gasteiger partial charge in [0.2, 0.25) is 0 Å². The monoisotopic (exact) mass is 502 g/mol. The van der Waals surface area contributed by atoms with Crippen LogP contribution < -0.4 is 5.32 Å². The van der Waals surface area contributed by atoms with Crippen LogP contribution >= 0.6 is 0 Å². The van der Waals surface area contributed by atoms with Gasteiger partial charge in [0.1, 0.15) is 5.52 Å². The second-order valence-corrected chi connectivity index (χ2v) is 7.90. The van der Waals surface area contributed by atoms with Crippen LogP contribution in [0.3, 0.4) is 0 Å². The highest BCUT2D eigenvalue weighted by atomic mass is 19.4. The van der Waals surface area contributed by atoms with Gasteiger partial charge in [-0.05, 0) is 43.7 Å². The van der Waals surface area contributed by atoms with Gasteiger partial charge in [-0.15, -0.1) is 0 Å². The number of benzene rings is 3. The molecule has 0 radical (unpaired) electrons. The van der Waals surface area contributed by atoms with E-state index in [9.17, 15) is 27.9 Å². The number of hydrogen-bond donors (Lipinski definition) is 3. The van der Waals surface area contributed by atoms with Crippen LogP contribution in [0.2, 0.25) is 0 Å². The number of aromatic carboxylic acids is 1. The molecule has 3 N–H and O–H groups in total. The number of carbonyl (C=O) groups excluding carboxylic acids is 1. The number of rotatable bonds is 5. The molecule has 36 heavy (non-hydrogen) atoms. The van der Waals surface area contributed by atoms with Crippen molar-refractivity contribution >= 4 is 50.7 Å². The zero-order chi connectivity index (χ0) is 26.6. The summed E-state index contributed by atoms with van der Waals surface area (Å²) in [5, 5.41) is 20.8. The van der Waals surface area contributed by atoms with Crippen LogP contribution in [0.25, 0.3) is 32.8 Å². The maximum absolute atomic E-state index is 12.7. The third-order valence-corrected chi connectivity index (χ3v) is 5.05. The van der Waals surface area contributed by atoms with E-state index in [1.165, 1.54) is 0 Å². The van der Waals surface area contributed by atoms with Gasteiger partial charge in [0.25, 0.3) is 5.91 Å². The minimum absolute atomic E-state index is 0.209. The van der Waals surface area contributed by atoms with Crippen molar-refractivity contribution in [3.05, 3.63) is 59.7 Å². The van der Waals surface area contributed by atoms with E-state index in [0.717, 1.165) is 6.54 Å². The molecule has 0 spiro atoms. The summed E-state index contributed by atoms with van der Waals surface area (Å²) >= 11 is 0. The smallest absolute Gasteiger partial charge is 0.478 e. The Labute approximate surface area is 202 Å². The van der Waals surface area contributed by atoms with Gasteiger partial charge < -0.3 is 20.4 Å². The molecule has 0 aliphatic carbocycles. The average Bonchev–Trinajstić information content (AvgIpc) is 2.81. The summed E-state index contributed by atoms with van der Waals surface area (Å²) in [5.41, 5.74) is 2.99. The number of nitrogens with one attached hydrogen (secondary N) is 1. The van der Waals surface area contributed by atoms with E-state index >= 15 is 0 Å². The Bertz CT molecular complexity index is 1470. The van der Waals surface area contributed by atoms with Crippen LogP contribution in [0.4, 0.5) is 13.2 Å². The zero-order valence-electron chi connectivity index (χ0n) is 19.1. The normalized spacial score (nSPS) is 11.4. The van der Waals surface area contributed by atoms with Gasteiger partial charge in [-0.3, -0.25) is 4.79 Å². The van der Waals surface area contributed by atoms with E-state index in [-0.39, 0.29) is 11.5 Å². The lowest BCUT2D eigenvalue weighted by Gasteiger charge is -2.12.